The number of hydrogen-bond donors (Lipinski definition) is 0. The lowest BCUT2D eigenvalue weighted by Crippen LogP contribution is -2.14. The number of ketones is 2. The molecule has 0 spiro atoms. The topological polar surface area (TPSA) is 78.9 Å². The van der Waals surface area contributed by atoms with Crippen molar-refractivity contribution in [1.29, 1.82) is 0 Å². The quantitative estimate of drug-likeness (QED) is 0.383. The van der Waals surface area contributed by atoms with Crippen molar-refractivity contribution in [2.45, 2.75) is 13.8 Å². The molecule has 0 amide bonds. The molecule has 7 heteroatoms. The van der Waals surface area contributed by atoms with E-state index in [0.29, 0.717) is 30.1 Å². The molecule has 0 unspecified atom stereocenters. The Kier molecular flexibility index (Phi) is 10.0. The summed E-state index contributed by atoms with van der Waals surface area (Å²) in [4.78, 5) is 23.9. The smallest absolute Gasteiger partial charge is 0.497 e. The Balaban J connectivity index is 0.000000359. The summed E-state index contributed by atoms with van der Waals surface area (Å²) in [5.74, 6) is -0.358. The van der Waals surface area contributed by atoms with Gasteiger partial charge in [-0.3, -0.25) is 9.59 Å². The fraction of sp³-hybridized carbons (Fsp3) is 0.263. The van der Waals surface area contributed by atoms with E-state index in [-0.39, 0.29) is 0 Å². The van der Waals surface area contributed by atoms with Crippen LogP contribution in [-0.2, 0) is 13.6 Å². The van der Waals surface area contributed by atoms with Gasteiger partial charge in [0.25, 0.3) is 0 Å². The van der Waals surface area contributed by atoms with Gasteiger partial charge in [0, 0.05) is 15.7 Å². The van der Waals surface area contributed by atoms with Gasteiger partial charge in [-0.2, -0.15) is 0 Å². The van der Waals surface area contributed by atoms with E-state index >= 15 is 0 Å². The minimum atomic E-state index is -1.83. The number of Topliss-reactive ketones (excluding diaryl/α,β-unsaturated/α-hetero) is 2. The molecule has 138 valence electrons. The van der Waals surface area contributed by atoms with E-state index in [1.807, 2.05) is 0 Å². The number of carbonyl (C=O) groups excluding carboxylic acids is 2. The highest BCUT2D eigenvalue weighted by Crippen LogP contribution is 2.21. The molecular weight excluding hydrogens is 355 g/mol. The van der Waals surface area contributed by atoms with Gasteiger partial charge >= 0.3 is 8.25 Å². The average Bonchev–Trinajstić information content (AvgIpc) is 2.68. The van der Waals surface area contributed by atoms with Crippen LogP contribution in [0, 0.1) is 0 Å². The molecule has 0 aliphatic rings. The molecule has 26 heavy (non-hydrogen) atoms. The highest BCUT2D eigenvalue weighted by Gasteiger charge is 2.17. The Hall–Kier alpha value is -2.40. The molecule has 0 bridgehead atoms. The normalized spacial score (nSPS) is 9.65. The predicted octanol–water partition coefficient (Wildman–Crippen LogP) is 4.48. The number of hydrogen-bond acceptors (Lipinski definition) is 6. The van der Waals surface area contributed by atoms with Crippen LogP contribution in [0.2, 0.25) is 0 Å². The first kappa shape index (κ1) is 21.6. The van der Waals surface area contributed by atoms with E-state index in [1.165, 1.54) is 0 Å². The predicted molar refractivity (Wildman–Crippen MR) is 99.0 cm³/mol. The number of ether oxygens (including phenoxy) is 1. The molecule has 0 atom stereocenters. The Bertz CT molecular complexity index is 705. The lowest BCUT2D eigenvalue weighted by Gasteiger charge is -2.02. The third-order valence-corrected chi connectivity index (χ3v) is 4.00. The van der Waals surface area contributed by atoms with Crippen LogP contribution in [0.3, 0.4) is 0 Å². The maximum Gasteiger partial charge on any atom is 0.697 e. The van der Waals surface area contributed by atoms with Crippen LogP contribution < -0.4 is 4.74 Å². The van der Waals surface area contributed by atoms with Crippen LogP contribution in [0.25, 0.3) is 0 Å². The van der Waals surface area contributed by atoms with Crippen LogP contribution >= 0.6 is 8.25 Å². The number of benzene rings is 2. The van der Waals surface area contributed by atoms with Gasteiger partial charge in [-0.1, -0.05) is 30.3 Å². The molecule has 6 nitrogen and oxygen atoms in total. The summed E-state index contributed by atoms with van der Waals surface area (Å²) in [6, 6.07) is 15.0. The molecule has 2 aromatic rings. The van der Waals surface area contributed by atoms with Gasteiger partial charge in [0.15, 0.2) is 0 Å². The van der Waals surface area contributed by atoms with E-state index in [2.05, 4.69) is 9.05 Å². The first-order chi connectivity index (χ1) is 12.5. The number of carbonyl (C=O) groups is 2. The van der Waals surface area contributed by atoms with Gasteiger partial charge in [-0.15, -0.1) is 9.05 Å². The standard InChI is InChI=1S/C15H12O3.C4H10O3P/c1-18-13-9-7-12(8-10-13)15(17)14(16)11-5-3-2-4-6-11;1-3-6-8(5)7-4-2/h2-10H,1H3;3-4H2,1-2H3/q;+1. The average molecular weight is 377 g/mol. The summed E-state index contributed by atoms with van der Waals surface area (Å²) in [5.41, 5.74) is 0.767. The Morgan fingerprint density at radius 1 is 0.808 bits per heavy atom. The highest BCUT2D eigenvalue weighted by atomic mass is 31.1. The van der Waals surface area contributed by atoms with Crippen LogP contribution in [0.1, 0.15) is 34.6 Å². The maximum atomic E-state index is 12.0. The first-order valence-corrected chi connectivity index (χ1v) is 9.14. The Labute approximate surface area is 154 Å². The van der Waals surface area contributed by atoms with Gasteiger partial charge in [0.05, 0.1) is 7.11 Å². The Morgan fingerprint density at radius 2 is 1.27 bits per heavy atom. The summed E-state index contributed by atoms with van der Waals surface area (Å²) in [6.07, 6.45) is 0. The van der Waals surface area contributed by atoms with E-state index in [9.17, 15) is 14.2 Å². The van der Waals surface area contributed by atoms with Crippen LogP contribution in [0.15, 0.2) is 54.6 Å². The highest BCUT2D eigenvalue weighted by molar-refractivity contribution is 7.33. The monoisotopic (exact) mass is 377 g/mol. The minimum absolute atomic E-state index is 0.365. The summed E-state index contributed by atoms with van der Waals surface area (Å²) >= 11 is 0. The zero-order chi connectivity index (χ0) is 19.4. The number of rotatable bonds is 8. The maximum absolute atomic E-state index is 12.0. The van der Waals surface area contributed by atoms with Crippen molar-refractivity contribution in [3.8, 4) is 5.75 Å². The second-order valence-corrected chi connectivity index (χ2v) is 5.78. The van der Waals surface area contributed by atoms with Crippen molar-refractivity contribution in [3.05, 3.63) is 65.7 Å². The van der Waals surface area contributed by atoms with E-state index in [1.54, 1.807) is 75.6 Å². The fourth-order valence-electron chi connectivity index (χ4n) is 1.84. The fourth-order valence-corrected chi connectivity index (χ4v) is 2.34. The van der Waals surface area contributed by atoms with E-state index in [0.717, 1.165) is 0 Å². The summed E-state index contributed by atoms with van der Waals surface area (Å²) in [6.45, 7) is 4.42. The van der Waals surface area contributed by atoms with Crippen molar-refractivity contribution < 1.29 is 27.9 Å². The van der Waals surface area contributed by atoms with Gasteiger partial charge in [0.1, 0.15) is 19.0 Å². The van der Waals surface area contributed by atoms with Gasteiger partial charge in [-0.05, 0) is 38.1 Å². The summed E-state index contributed by atoms with van der Waals surface area (Å²) in [7, 11) is -0.283. The number of methoxy groups -OCH3 is 1. The third-order valence-electron chi connectivity index (χ3n) is 3.06. The molecule has 0 fully saturated rings. The SMILES string of the molecule is CCO[P+](=O)OCC.COc1ccc(C(=O)C(=O)c2ccccc2)cc1. The van der Waals surface area contributed by atoms with Crippen molar-refractivity contribution in [2.75, 3.05) is 20.3 Å². The molecule has 0 saturated heterocycles. The molecule has 0 radical (unpaired) electrons. The van der Waals surface area contributed by atoms with Crippen LogP contribution in [0.4, 0.5) is 0 Å². The summed E-state index contributed by atoms with van der Waals surface area (Å²) < 4.78 is 24.5. The third kappa shape index (κ3) is 7.23. The van der Waals surface area contributed by atoms with Crippen molar-refractivity contribution in [1.82, 2.24) is 0 Å². The Morgan fingerprint density at radius 3 is 1.69 bits per heavy atom. The minimum Gasteiger partial charge on any atom is -0.497 e. The van der Waals surface area contributed by atoms with Gasteiger partial charge in [0.2, 0.25) is 11.6 Å². The van der Waals surface area contributed by atoms with E-state index in [4.69, 9.17) is 4.74 Å². The summed E-state index contributed by atoms with van der Waals surface area (Å²) in [5, 5.41) is 0. The lowest BCUT2D eigenvalue weighted by molar-refractivity contribution is 0.0817. The second kappa shape index (κ2) is 12.0. The second-order valence-electron chi connectivity index (χ2n) is 4.81. The van der Waals surface area contributed by atoms with Crippen LogP contribution in [0.5, 0.6) is 5.75 Å². The largest absolute Gasteiger partial charge is 0.697 e. The molecule has 0 aliphatic carbocycles. The molecule has 0 aliphatic heterocycles. The van der Waals surface area contributed by atoms with Crippen LogP contribution in [-0.4, -0.2) is 31.9 Å². The van der Waals surface area contributed by atoms with Crippen molar-refractivity contribution in [3.63, 3.8) is 0 Å². The van der Waals surface area contributed by atoms with Crippen molar-refractivity contribution in [2.24, 2.45) is 0 Å². The molecule has 0 saturated carbocycles. The lowest BCUT2D eigenvalue weighted by atomic mass is 10.0. The molecule has 0 heterocycles. The van der Waals surface area contributed by atoms with Gasteiger partial charge in [-0.25, -0.2) is 0 Å². The van der Waals surface area contributed by atoms with E-state index < -0.39 is 19.8 Å². The molecule has 0 N–H and O–H groups in total. The molecule has 2 rings (SSSR count). The zero-order valence-corrected chi connectivity index (χ0v) is 15.9. The van der Waals surface area contributed by atoms with Crippen molar-refractivity contribution >= 4 is 19.8 Å². The molecular formula is C19H22O6P+. The first-order valence-electron chi connectivity index (χ1n) is 8.04. The zero-order valence-electron chi connectivity index (χ0n) is 15.0. The van der Waals surface area contributed by atoms with Gasteiger partial charge < -0.3 is 4.74 Å². The molecule has 0 aromatic heterocycles. The molecule has 2 aromatic carbocycles.